The van der Waals surface area contributed by atoms with E-state index in [0.717, 1.165) is 6.42 Å². The van der Waals surface area contributed by atoms with Crippen LogP contribution in [0, 0.1) is 5.41 Å². The molecular formula is C8H19NO. The maximum atomic E-state index is 9.08. The lowest BCUT2D eigenvalue weighted by Gasteiger charge is -2.30. The molecule has 62 valence electrons. The monoisotopic (exact) mass is 145 g/mol. The highest BCUT2D eigenvalue weighted by atomic mass is 16.3. The average molecular weight is 145 g/mol. The van der Waals surface area contributed by atoms with Crippen LogP contribution in [0.1, 0.15) is 34.1 Å². The first-order valence-electron chi connectivity index (χ1n) is 3.80. The van der Waals surface area contributed by atoms with E-state index in [4.69, 9.17) is 10.8 Å². The van der Waals surface area contributed by atoms with Crippen LogP contribution in [-0.4, -0.2) is 17.3 Å². The van der Waals surface area contributed by atoms with Gasteiger partial charge in [0.2, 0.25) is 0 Å². The van der Waals surface area contributed by atoms with Crippen molar-refractivity contribution in [2.75, 3.05) is 0 Å². The molecule has 0 fully saturated rings. The SMILES string of the molecule is C[C@@H](O)CC(C)(C)[C@@H](C)N. The molecule has 0 bridgehead atoms. The predicted octanol–water partition coefficient (Wildman–Crippen LogP) is 1.13. The van der Waals surface area contributed by atoms with Crippen LogP contribution in [0.2, 0.25) is 0 Å². The summed E-state index contributed by atoms with van der Waals surface area (Å²) in [5.41, 5.74) is 5.76. The van der Waals surface area contributed by atoms with E-state index < -0.39 is 0 Å². The largest absolute Gasteiger partial charge is 0.393 e. The third kappa shape index (κ3) is 3.18. The number of hydrogen-bond donors (Lipinski definition) is 2. The fourth-order valence-corrected chi connectivity index (χ4v) is 0.947. The van der Waals surface area contributed by atoms with Crippen LogP contribution >= 0.6 is 0 Å². The highest BCUT2D eigenvalue weighted by molar-refractivity contribution is 4.79. The van der Waals surface area contributed by atoms with Gasteiger partial charge in [0, 0.05) is 6.04 Å². The van der Waals surface area contributed by atoms with Crippen LogP contribution in [0.4, 0.5) is 0 Å². The van der Waals surface area contributed by atoms with Gasteiger partial charge in [0.25, 0.3) is 0 Å². The van der Waals surface area contributed by atoms with Gasteiger partial charge in [-0.15, -0.1) is 0 Å². The molecule has 0 aromatic carbocycles. The van der Waals surface area contributed by atoms with Gasteiger partial charge in [-0.3, -0.25) is 0 Å². The molecule has 2 nitrogen and oxygen atoms in total. The van der Waals surface area contributed by atoms with Crippen molar-refractivity contribution < 1.29 is 5.11 Å². The van der Waals surface area contributed by atoms with E-state index in [2.05, 4.69) is 13.8 Å². The first-order valence-corrected chi connectivity index (χ1v) is 3.80. The molecule has 0 aliphatic rings. The zero-order valence-corrected chi connectivity index (χ0v) is 7.39. The first-order chi connectivity index (χ1) is 4.36. The third-order valence-electron chi connectivity index (χ3n) is 2.05. The Morgan fingerprint density at radius 3 is 1.90 bits per heavy atom. The minimum absolute atomic E-state index is 0.0498. The number of rotatable bonds is 3. The molecule has 0 spiro atoms. The van der Waals surface area contributed by atoms with Gasteiger partial charge in [-0.05, 0) is 25.7 Å². The fraction of sp³-hybridized carbons (Fsp3) is 1.00. The third-order valence-corrected chi connectivity index (χ3v) is 2.05. The number of aliphatic hydroxyl groups excluding tert-OH is 1. The summed E-state index contributed by atoms with van der Waals surface area (Å²) < 4.78 is 0. The van der Waals surface area contributed by atoms with E-state index in [-0.39, 0.29) is 17.6 Å². The lowest BCUT2D eigenvalue weighted by molar-refractivity contribution is 0.117. The zero-order valence-electron chi connectivity index (χ0n) is 7.39. The van der Waals surface area contributed by atoms with Crippen LogP contribution in [-0.2, 0) is 0 Å². The topological polar surface area (TPSA) is 46.2 Å². The van der Waals surface area contributed by atoms with Gasteiger partial charge in [0.15, 0.2) is 0 Å². The minimum Gasteiger partial charge on any atom is -0.393 e. The van der Waals surface area contributed by atoms with E-state index in [1.165, 1.54) is 0 Å². The van der Waals surface area contributed by atoms with Crippen molar-refractivity contribution in [3.8, 4) is 0 Å². The molecule has 0 rings (SSSR count). The number of hydrogen-bond acceptors (Lipinski definition) is 2. The summed E-state index contributed by atoms with van der Waals surface area (Å²) in [6.45, 7) is 7.92. The second-order valence-corrected chi connectivity index (χ2v) is 3.83. The quantitative estimate of drug-likeness (QED) is 0.625. The molecule has 2 atom stereocenters. The first kappa shape index (κ1) is 9.92. The van der Waals surface area contributed by atoms with Crippen LogP contribution in [0.3, 0.4) is 0 Å². The summed E-state index contributed by atoms with van der Waals surface area (Å²) in [7, 11) is 0. The zero-order chi connectivity index (χ0) is 8.36. The molecule has 0 radical (unpaired) electrons. The van der Waals surface area contributed by atoms with E-state index in [1.807, 2.05) is 6.92 Å². The molecule has 2 heteroatoms. The van der Waals surface area contributed by atoms with Crippen LogP contribution in [0.25, 0.3) is 0 Å². The van der Waals surface area contributed by atoms with Crippen molar-refractivity contribution in [3.05, 3.63) is 0 Å². The molecule has 0 saturated heterocycles. The standard InChI is InChI=1S/C8H19NO/c1-6(10)5-8(3,4)7(2)9/h6-7,10H,5,9H2,1-4H3/t6-,7-/m1/s1. The summed E-state index contributed by atoms with van der Waals surface area (Å²) in [6, 6.07) is 0.141. The molecule has 0 aromatic rings. The molecule has 0 saturated carbocycles. The molecule has 0 aliphatic heterocycles. The van der Waals surface area contributed by atoms with Gasteiger partial charge >= 0.3 is 0 Å². The summed E-state index contributed by atoms with van der Waals surface area (Å²) in [5.74, 6) is 0. The van der Waals surface area contributed by atoms with Crippen LogP contribution in [0.5, 0.6) is 0 Å². The smallest absolute Gasteiger partial charge is 0.0517 e. The molecule has 0 heterocycles. The molecular weight excluding hydrogens is 126 g/mol. The van der Waals surface area contributed by atoms with E-state index in [0.29, 0.717) is 0 Å². The predicted molar refractivity (Wildman–Crippen MR) is 43.7 cm³/mol. The van der Waals surface area contributed by atoms with Crippen molar-refractivity contribution in [3.63, 3.8) is 0 Å². The van der Waals surface area contributed by atoms with Crippen molar-refractivity contribution >= 4 is 0 Å². The van der Waals surface area contributed by atoms with Gasteiger partial charge in [0.1, 0.15) is 0 Å². The number of aliphatic hydroxyl groups is 1. The normalized spacial score (nSPS) is 18.6. The maximum Gasteiger partial charge on any atom is 0.0517 e. The lowest BCUT2D eigenvalue weighted by atomic mass is 9.81. The fourth-order valence-electron chi connectivity index (χ4n) is 0.947. The highest BCUT2D eigenvalue weighted by Crippen LogP contribution is 2.24. The summed E-state index contributed by atoms with van der Waals surface area (Å²) in [6.07, 6.45) is 0.519. The summed E-state index contributed by atoms with van der Waals surface area (Å²) in [4.78, 5) is 0. The average Bonchev–Trinajstić information content (AvgIpc) is 1.60. The van der Waals surface area contributed by atoms with Crippen LogP contribution < -0.4 is 5.73 Å². The maximum absolute atomic E-state index is 9.08. The minimum atomic E-state index is -0.249. The van der Waals surface area contributed by atoms with Crippen molar-refractivity contribution in [2.45, 2.75) is 46.3 Å². The Balaban J connectivity index is 3.87. The summed E-state index contributed by atoms with van der Waals surface area (Å²) >= 11 is 0. The molecule has 3 N–H and O–H groups in total. The molecule has 0 unspecified atom stereocenters. The molecule has 0 amide bonds. The van der Waals surface area contributed by atoms with E-state index in [9.17, 15) is 0 Å². The second kappa shape index (κ2) is 3.35. The molecule has 0 aromatic heterocycles. The molecule has 10 heavy (non-hydrogen) atoms. The summed E-state index contributed by atoms with van der Waals surface area (Å²) in [5, 5.41) is 9.08. The van der Waals surface area contributed by atoms with Crippen molar-refractivity contribution in [2.24, 2.45) is 11.1 Å². The Labute approximate surface area is 63.4 Å². The Morgan fingerprint density at radius 1 is 1.40 bits per heavy atom. The Bertz CT molecular complexity index is 97.4. The van der Waals surface area contributed by atoms with Gasteiger partial charge < -0.3 is 10.8 Å². The van der Waals surface area contributed by atoms with Gasteiger partial charge in [0.05, 0.1) is 6.10 Å². The van der Waals surface area contributed by atoms with Gasteiger partial charge in [-0.2, -0.15) is 0 Å². The van der Waals surface area contributed by atoms with Gasteiger partial charge in [-0.1, -0.05) is 13.8 Å². The molecule has 0 aliphatic carbocycles. The number of nitrogens with two attached hydrogens (primary N) is 1. The lowest BCUT2D eigenvalue weighted by Crippen LogP contribution is -2.36. The van der Waals surface area contributed by atoms with E-state index in [1.54, 1.807) is 6.92 Å². The Kier molecular flexibility index (Phi) is 3.33. The second-order valence-electron chi connectivity index (χ2n) is 3.83. The van der Waals surface area contributed by atoms with Crippen molar-refractivity contribution in [1.29, 1.82) is 0 Å². The Morgan fingerprint density at radius 2 is 1.80 bits per heavy atom. The Hall–Kier alpha value is -0.0800. The van der Waals surface area contributed by atoms with Gasteiger partial charge in [-0.25, -0.2) is 0 Å². The van der Waals surface area contributed by atoms with Crippen LogP contribution in [0.15, 0.2) is 0 Å². The highest BCUT2D eigenvalue weighted by Gasteiger charge is 2.24. The van der Waals surface area contributed by atoms with E-state index >= 15 is 0 Å². The van der Waals surface area contributed by atoms with Crippen molar-refractivity contribution in [1.82, 2.24) is 0 Å².